The van der Waals surface area contributed by atoms with Gasteiger partial charge in [-0.1, -0.05) is 106 Å². The Bertz CT molecular complexity index is 882. The molecule has 3 aromatic rings. The van der Waals surface area contributed by atoms with Crippen LogP contribution in [0.2, 0.25) is 0 Å². The van der Waals surface area contributed by atoms with Crippen molar-refractivity contribution in [3.05, 3.63) is 91.0 Å². The molecule has 3 aromatic carbocycles. The van der Waals surface area contributed by atoms with Crippen LogP contribution in [-0.2, 0) is 21.0 Å². The Morgan fingerprint density at radius 2 is 0.909 bits per heavy atom. The molecular formula is C28H36O3S2. The van der Waals surface area contributed by atoms with Gasteiger partial charge in [-0.15, -0.1) is 0 Å². The highest BCUT2D eigenvalue weighted by Crippen LogP contribution is 2.30. The summed E-state index contributed by atoms with van der Waals surface area (Å²) in [5.74, 6) is -0.193. The number of hydrogen-bond acceptors (Lipinski definition) is 3. The van der Waals surface area contributed by atoms with E-state index in [2.05, 4.69) is 97.9 Å². The van der Waals surface area contributed by atoms with Crippen molar-refractivity contribution in [3.63, 3.8) is 0 Å². The first-order valence-corrected chi connectivity index (χ1v) is 14.6. The highest BCUT2D eigenvalue weighted by molar-refractivity contribution is 7.97. The zero-order valence-electron chi connectivity index (χ0n) is 19.6. The molecule has 0 N–H and O–H groups in total. The van der Waals surface area contributed by atoms with Crippen molar-refractivity contribution in [2.24, 2.45) is 0 Å². The Labute approximate surface area is 203 Å². The molecule has 0 atom stereocenters. The minimum Gasteiger partial charge on any atom is -0.748 e. The quantitative estimate of drug-likeness (QED) is 0.152. The van der Waals surface area contributed by atoms with E-state index in [1.165, 1.54) is 46.8 Å². The Morgan fingerprint density at radius 1 is 0.576 bits per heavy atom. The minimum absolute atomic E-state index is 0.0146. The lowest BCUT2D eigenvalue weighted by molar-refractivity contribution is 0.459. The Balaban J connectivity index is 0.000000248. The first kappa shape index (κ1) is 27.2. The summed E-state index contributed by atoms with van der Waals surface area (Å²) in [6.07, 6.45) is 8.66. The highest BCUT2D eigenvalue weighted by atomic mass is 32.2. The second-order valence-electron chi connectivity index (χ2n) is 7.98. The lowest BCUT2D eigenvalue weighted by Gasteiger charge is -2.07. The third-order valence-electron chi connectivity index (χ3n) is 5.18. The van der Waals surface area contributed by atoms with E-state index >= 15 is 0 Å². The first-order chi connectivity index (χ1) is 16.0. The van der Waals surface area contributed by atoms with Gasteiger partial charge in [-0.05, 0) is 42.8 Å². The van der Waals surface area contributed by atoms with Crippen LogP contribution in [0.3, 0.4) is 0 Å². The van der Waals surface area contributed by atoms with Gasteiger partial charge in [0.2, 0.25) is 0 Å². The monoisotopic (exact) mass is 484 g/mol. The van der Waals surface area contributed by atoms with Crippen molar-refractivity contribution in [2.75, 3.05) is 5.75 Å². The number of rotatable bonds is 12. The molecule has 0 aliphatic carbocycles. The molecule has 3 nitrogen and oxygen atoms in total. The standard InChI is InChI=1S/C18H15S.C10H22O3S/c1-4-10-16(11-5-1)19(17-12-6-2-7-13-17)18-14-8-3-9-15-18;1-2-3-4-5-6-7-8-9-10-14(11,12)13/h1-15H;2-10H2,1H3,(H,11,12,13)/q+1;/p-1. The second-order valence-corrected chi connectivity index (χ2v) is 11.5. The molecule has 0 aliphatic rings. The van der Waals surface area contributed by atoms with Crippen LogP contribution in [0.15, 0.2) is 106 Å². The van der Waals surface area contributed by atoms with E-state index in [1.54, 1.807) is 0 Å². The molecule has 3 rings (SSSR count). The van der Waals surface area contributed by atoms with Gasteiger partial charge in [0.05, 0.1) is 21.0 Å². The Hall–Kier alpha value is -2.08. The van der Waals surface area contributed by atoms with Gasteiger partial charge in [-0.25, -0.2) is 8.42 Å². The lowest BCUT2D eigenvalue weighted by atomic mass is 10.1. The normalized spacial score (nSPS) is 11.1. The number of hydrogen-bond donors (Lipinski definition) is 0. The summed E-state index contributed by atoms with van der Waals surface area (Å²) in [7, 11) is -3.99. The van der Waals surface area contributed by atoms with Gasteiger partial charge in [0.1, 0.15) is 0 Å². The molecule has 0 aliphatic heterocycles. The molecular weight excluding hydrogens is 448 g/mol. The Kier molecular flexibility index (Phi) is 12.9. The average Bonchev–Trinajstić information content (AvgIpc) is 2.83. The fourth-order valence-corrected chi connectivity index (χ4v) is 6.15. The summed E-state index contributed by atoms with van der Waals surface area (Å²) in [5, 5.41) is 0. The zero-order valence-corrected chi connectivity index (χ0v) is 21.2. The van der Waals surface area contributed by atoms with Gasteiger partial charge in [-0.3, -0.25) is 0 Å². The largest absolute Gasteiger partial charge is 0.748 e. The van der Waals surface area contributed by atoms with Crippen molar-refractivity contribution < 1.29 is 13.0 Å². The Morgan fingerprint density at radius 3 is 1.24 bits per heavy atom. The molecule has 5 heteroatoms. The van der Waals surface area contributed by atoms with Crippen molar-refractivity contribution in [2.45, 2.75) is 73.0 Å². The molecule has 0 saturated carbocycles. The molecule has 0 heterocycles. The molecule has 0 aromatic heterocycles. The summed E-state index contributed by atoms with van der Waals surface area (Å²) in [4.78, 5) is 4.08. The van der Waals surface area contributed by atoms with Crippen LogP contribution >= 0.6 is 0 Å². The van der Waals surface area contributed by atoms with E-state index in [0.717, 1.165) is 12.8 Å². The van der Waals surface area contributed by atoms with Gasteiger partial charge in [0.25, 0.3) is 0 Å². The molecule has 0 saturated heterocycles. The second kappa shape index (κ2) is 15.7. The first-order valence-electron chi connectivity index (χ1n) is 11.8. The summed E-state index contributed by atoms with van der Waals surface area (Å²) in [5.41, 5.74) is 0. The maximum absolute atomic E-state index is 10.2. The number of benzene rings is 3. The van der Waals surface area contributed by atoms with Crippen LogP contribution in [0.1, 0.15) is 58.3 Å². The number of unbranched alkanes of at least 4 members (excludes halogenated alkanes) is 7. The van der Waals surface area contributed by atoms with Crippen LogP contribution in [0.5, 0.6) is 0 Å². The van der Waals surface area contributed by atoms with E-state index in [0.29, 0.717) is 6.42 Å². The molecule has 33 heavy (non-hydrogen) atoms. The average molecular weight is 485 g/mol. The van der Waals surface area contributed by atoms with Crippen LogP contribution in [0, 0.1) is 0 Å². The van der Waals surface area contributed by atoms with E-state index in [1.807, 2.05) is 0 Å². The summed E-state index contributed by atoms with van der Waals surface area (Å²) >= 11 is 0. The fraction of sp³-hybridized carbons (Fsp3) is 0.357. The van der Waals surface area contributed by atoms with Crippen LogP contribution in [0.4, 0.5) is 0 Å². The molecule has 178 valence electrons. The third kappa shape index (κ3) is 11.6. The van der Waals surface area contributed by atoms with Crippen molar-refractivity contribution >= 4 is 21.0 Å². The topological polar surface area (TPSA) is 57.2 Å². The van der Waals surface area contributed by atoms with Crippen molar-refractivity contribution in [1.29, 1.82) is 0 Å². The van der Waals surface area contributed by atoms with E-state index in [4.69, 9.17) is 0 Å². The summed E-state index contributed by atoms with van der Waals surface area (Å²) in [6, 6.07) is 32.2. The smallest absolute Gasteiger partial charge is 0.166 e. The van der Waals surface area contributed by atoms with Gasteiger partial charge < -0.3 is 4.55 Å². The van der Waals surface area contributed by atoms with E-state index < -0.39 is 10.1 Å². The van der Waals surface area contributed by atoms with Gasteiger partial charge in [0.15, 0.2) is 14.7 Å². The highest BCUT2D eigenvalue weighted by Gasteiger charge is 2.27. The molecule has 0 unspecified atom stereocenters. The van der Waals surface area contributed by atoms with Gasteiger partial charge in [-0.2, -0.15) is 0 Å². The zero-order chi connectivity index (χ0) is 23.8. The molecule has 0 spiro atoms. The van der Waals surface area contributed by atoms with Gasteiger partial charge >= 0.3 is 0 Å². The fourth-order valence-electron chi connectivity index (χ4n) is 3.49. The van der Waals surface area contributed by atoms with E-state index in [-0.39, 0.29) is 16.6 Å². The van der Waals surface area contributed by atoms with Crippen molar-refractivity contribution in [3.8, 4) is 0 Å². The van der Waals surface area contributed by atoms with Crippen LogP contribution < -0.4 is 0 Å². The van der Waals surface area contributed by atoms with Gasteiger partial charge in [0, 0.05) is 5.75 Å². The van der Waals surface area contributed by atoms with Crippen molar-refractivity contribution in [1.82, 2.24) is 0 Å². The minimum atomic E-state index is -3.98. The predicted octanol–water partition coefficient (Wildman–Crippen LogP) is 7.45. The molecule has 0 amide bonds. The lowest BCUT2D eigenvalue weighted by Crippen LogP contribution is -2.04. The van der Waals surface area contributed by atoms with E-state index in [9.17, 15) is 13.0 Å². The predicted molar refractivity (Wildman–Crippen MR) is 139 cm³/mol. The molecule has 0 bridgehead atoms. The SMILES string of the molecule is CCCCCCCCCCS(=O)(=O)[O-].c1ccc([S+](c2ccccc2)c2ccccc2)cc1. The summed E-state index contributed by atoms with van der Waals surface area (Å²) in [6.45, 7) is 2.18. The summed E-state index contributed by atoms with van der Waals surface area (Å²) < 4.78 is 30.7. The molecule has 0 fully saturated rings. The molecule has 0 radical (unpaired) electrons. The maximum Gasteiger partial charge on any atom is 0.166 e. The maximum atomic E-state index is 10.2. The van der Waals surface area contributed by atoms with Crippen LogP contribution in [-0.4, -0.2) is 18.7 Å². The van der Waals surface area contributed by atoms with Crippen LogP contribution in [0.25, 0.3) is 0 Å². The third-order valence-corrected chi connectivity index (χ3v) is 8.20.